The minimum atomic E-state index is 0.360. The number of thioether (sulfide) groups is 1. The summed E-state index contributed by atoms with van der Waals surface area (Å²) in [5.41, 5.74) is 0. The van der Waals surface area contributed by atoms with Crippen LogP contribution < -0.4 is 10.6 Å². The Morgan fingerprint density at radius 3 is 3.00 bits per heavy atom. The predicted molar refractivity (Wildman–Crippen MR) is 86.4 cm³/mol. The van der Waals surface area contributed by atoms with Crippen LogP contribution in [-0.2, 0) is 6.54 Å². The third-order valence-corrected chi connectivity index (χ3v) is 5.26. The van der Waals surface area contributed by atoms with E-state index < -0.39 is 0 Å². The molecule has 112 valence electrons. The molecule has 5 nitrogen and oxygen atoms in total. The number of aliphatic imine (C=N–C) groups is 1. The fourth-order valence-electron chi connectivity index (χ4n) is 2.40. The molecule has 1 fully saturated rings. The predicted octanol–water partition coefficient (Wildman–Crippen LogP) is 1.64. The van der Waals surface area contributed by atoms with Crippen LogP contribution >= 0.6 is 11.8 Å². The van der Waals surface area contributed by atoms with E-state index in [0.29, 0.717) is 4.75 Å². The van der Waals surface area contributed by atoms with E-state index in [0.717, 1.165) is 31.4 Å². The fraction of sp³-hybridized carbons (Fsp3) is 0.714. The maximum absolute atomic E-state index is 4.28. The summed E-state index contributed by atoms with van der Waals surface area (Å²) in [6, 6.07) is 0. The molecule has 1 aromatic rings. The van der Waals surface area contributed by atoms with Crippen molar-refractivity contribution in [2.75, 3.05) is 25.9 Å². The van der Waals surface area contributed by atoms with Crippen LogP contribution in [0.2, 0.25) is 0 Å². The van der Waals surface area contributed by atoms with Gasteiger partial charge in [-0.2, -0.15) is 11.8 Å². The van der Waals surface area contributed by atoms with Gasteiger partial charge in [-0.25, -0.2) is 4.98 Å². The quantitative estimate of drug-likeness (QED) is 0.640. The number of imidazole rings is 1. The summed E-state index contributed by atoms with van der Waals surface area (Å²) in [6.45, 7) is 7.08. The molecule has 2 heterocycles. The van der Waals surface area contributed by atoms with E-state index in [1.165, 1.54) is 18.6 Å². The van der Waals surface area contributed by atoms with Crippen molar-refractivity contribution in [3.05, 3.63) is 18.2 Å². The average molecular weight is 295 g/mol. The van der Waals surface area contributed by atoms with Gasteiger partial charge in [-0.15, -0.1) is 0 Å². The van der Waals surface area contributed by atoms with Gasteiger partial charge in [0.15, 0.2) is 5.96 Å². The highest BCUT2D eigenvalue weighted by molar-refractivity contribution is 8.00. The number of guanidine groups is 1. The molecule has 1 saturated heterocycles. The number of hydrogen-bond donors (Lipinski definition) is 2. The molecule has 0 aromatic carbocycles. The Hall–Kier alpha value is -1.17. The Bertz CT molecular complexity index is 448. The zero-order valence-electron chi connectivity index (χ0n) is 12.6. The van der Waals surface area contributed by atoms with Gasteiger partial charge < -0.3 is 15.2 Å². The molecule has 0 radical (unpaired) electrons. The van der Waals surface area contributed by atoms with Crippen LogP contribution in [0.25, 0.3) is 0 Å². The van der Waals surface area contributed by atoms with Crippen LogP contribution in [0.3, 0.4) is 0 Å². The van der Waals surface area contributed by atoms with Crippen LogP contribution in [0.15, 0.2) is 17.4 Å². The molecule has 6 heteroatoms. The Balaban J connectivity index is 1.71. The lowest BCUT2D eigenvalue weighted by Gasteiger charge is -2.24. The number of aryl methyl sites for hydroxylation is 1. The Morgan fingerprint density at radius 1 is 1.55 bits per heavy atom. The SMILES string of the molecule is CN=C(NCCn1ccnc1C)NCC1(C)CCCS1. The van der Waals surface area contributed by atoms with Gasteiger partial charge in [0, 0.05) is 43.8 Å². The molecular formula is C14H25N5S. The number of aromatic nitrogens is 2. The highest BCUT2D eigenvalue weighted by atomic mass is 32.2. The van der Waals surface area contributed by atoms with Crippen molar-refractivity contribution >= 4 is 17.7 Å². The summed E-state index contributed by atoms with van der Waals surface area (Å²) >= 11 is 2.06. The van der Waals surface area contributed by atoms with Crippen molar-refractivity contribution in [1.82, 2.24) is 20.2 Å². The van der Waals surface area contributed by atoms with E-state index in [1.807, 2.05) is 26.4 Å². The lowest BCUT2D eigenvalue weighted by atomic mass is 10.1. The summed E-state index contributed by atoms with van der Waals surface area (Å²) in [5, 5.41) is 6.80. The highest BCUT2D eigenvalue weighted by Crippen LogP contribution is 2.36. The number of nitrogens with one attached hydrogen (secondary N) is 2. The second-order valence-electron chi connectivity index (χ2n) is 5.42. The van der Waals surface area contributed by atoms with Gasteiger partial charge >= 0.3 is 0 Å². The van der Waals surface area contributed by atoms with Gasteiger partial charge in [0.1, 0.15) is 5.82 Å². The fourth-order valence-corrected chi connectivity index (χ4v) is 3.65. The second-order valence-corrected chi connectivity index (χ2v) is 7.10. The molecule has 2 N–H and O–H groups in total. The largest absolute Gasteiger partial charge is 0.355 e. The summed E-state index contributed by atoms with van der Waals surface area (Å²) < 4.78 is 2.49. The molecule has 0 bridgehead atoms. The van der Waals surface area contributed by atoms with Gasteiger partial charge in [-0.1, -0.05) is 0 Å². The van der Waals surface area contributed by atoms with Crippen LogP contribution in [0.1, 0.15) is 25.6 Å². The van der Waals surface area contributed by atoms with E-state index in [4.69, 9.17) is 0 Å². The summed E-state index contributed by atoms with van der Waals surface area (Å²) in [4.78, 5) is 8.50. The second kappa shape index (κ2) is 7.02. The van der Waals surface area contributed by atoms with Gasteiger partial charge in [0.2, 0.25) is 0 Å². The molecule has 2 rings (SSSR count). The molecule has 0 aliphatic carbocycles. The molecule has 1 unspecified atom stereocenters. The monoisotopic (exact) mass is 295 g/mol. The van der Waals surface area contributed by atoms with Crippen molar-refractivity contribution in [1.29, 1.82) is 0 Å². The zero-order chi connectivity index (χ0) is 14.4. The Morgan fingerprint density at radius 2 is 2.40 bits per heavy atom. The molecule has 20 heavy (non-hydrogen) atoms. The first-order valence-electron chi connectivity index (χ1n) is 7.19. The van der Waals surface area contributed by atoms with Gasteiger partial charge in [0.25, 0.3) is 0 Å². The summed E-state index contributed by atoms with van der Waals surface area (Å²) in [7, 11) is 1.82. The molecule has 1 aromatic heterocycles. The normalized spacial score (nSPS) is 23.1. The third-order valence-electron chi connectivity index (χ3n) is 3.72. The number of rotatable bonds is 5. The molecule has 0 saturated carbocycles. The van der Waals surface area contributed by atoms with Gasteiger partial charge in [0.05, 0.1) is 0 Å². The maximum Gasteiger partial charge on any atom is 0.191 e. The molecular weight excluding hydrogens is 270 g/mol. The molecule has 1 atom stereocenters. The minimum Gasteiger partial charge on any atom is -0.355 e. The lowest BCUT2D eigenvalue weighted by Crippen LogP contribution is -2.44. The number of nitrogens with zero attached hydrogens (tertiary/aromatic N) is 3. The third kappa shape index (κ3) is 4.16. The maximum atomic E-state index is 4.28. The topological polar surface area (TPSA) is 54.2 Å². The number of hydrogen-bond acceptors (Lipinski definition) is 3. The average Bonchev–Trinajstić information content (AvgIpc) is 3.04. The molecule has 0 spiro atoms. The lowest BCUT2D eigenvalue weighted by molar-refractivity contribution is 0.580. The van der Waals surface area contributed by atoms with E-state index in [-0.39, 0.29) is 0 Å². The Labute approximate surface area is 125 Å². The van der Waals surface area contributed by atoms with Crippen LogP contribution in [0.5, 0.6) is 0 Å². The van der Waals surface area contributed by atoms with Gasteiger partial charge in [-0.05, 0) is 32.4 Å². The van der Waals surface area contributed by atoms with E-state index in [2.05, 4.69) is 43.9 Å². The Kier molecular flexibility index (Phi) is 5.34. The first kappa shape index (κ1) is 15.2. The van der Waals surface area contributed by atoms with E-state index in [1.54, 1.807) is 0 Å². The summed E-state index contributed by atoms with van der Waals surface area (Å²) in [5.74, 6) is 3.21. The van der Waals surface area contributed by atoms with Crippen molar-refractivity contribution in [3.8, 4) is 0 Å². The van der Waals surface area contributed by atoms with Crippen LogP contribution in [0.4, 0.5) is 0 Å². The van der Waals surface area contributed by atoms with E-state index >= 15 is 0 Å². The highest BCUT2D eigenvalue weighted by Gasteiger charge is 2.29. The van der Waals surface area contributed by atoms with E-state index in [9.17, 15) is 0 Å². The van der Waals surface area contributed by atoms with Crippen molar-refractivity contribution in [2.24, 2.45) is 4.99 Å². The van der Waals surface area contributed by atoms with Crippen molar-refractivity contribution < 1.29 is 0 Å². The van der Waals surface area contributed by atoms with Crippen LogP contribution in [-0.4, -0.2) is 46.1 Å². The van der Waals surface area contributed by atoms with Crippen molar-refractivity contribution in [2.45, 2.75) is 38.0 Å². The molecule has 0 amide bonds. The first-order chi connectivity index (χ1) is 9.63. The minimum absolute atomic E-state index is 0.360. The summed E-state index contributed by atoms with van der Waals surface area (Å²) in [6.07, 6.45) is 6.45. The standard InChI is InChI=1S/C14H25N5S/c1-12-16-6-8-19(12)9-7-17-13(15-3)18-11-14(2)5-4-10-20-14/h6,8H,4-5,7,9-11H2,1-3H3,(H2,15,17,18). The molecule has 1 aliphatic rings. The first-order valence-corrected chi connectivity index (χ1v) is 8.18. The van der Waals surface area contributed by atoms with Crippen molar-refractivity contribution in [3.63, 3.8) is 0 Å². The smallest absolute Gasteiger partial charge is 0.191 e. The van der Waals surface area contributed by atoms with Gasteiger partial charge in [-0.3, -0.25) is 4.99 Å². The van der Waals surface area contributed by atoms with Crippen LogP contribution in [0, 0.1) is 6.92 Å². The zero-order valence-corrected chi connectivity index (χ0v) is 13.5. The molecule has 1 aliphatic heterocycles.